The smallest absolute Gasteiger partial charge is 0.140 e. The summed E-state index contributed by atoms with van der Waals surface area (Å²) < 4.78 is 5.67. The van der Waals surface area contributed by atoms with Gasteiger partial charge in [-0.1, -0.05) is 12.1 Å². The minimum atomic E-state index is 0.529. The van der Waals surface area contributed by atoms with E-state index in [0.29, 0.717) is 13.2 Å². The second kappa shape index (κ2) is 5.29. The molecule has 0 saturated heterocycles. The van der Waals surface area contributed by atoms with Gasteiger partial charge in [0, 0.05) is 11.4 Å². The topological polar surface area (TPSA) is 48.1 Å². The first-order valence-electron chi connectivity index (χ1n) is 5.53. The van der Waals surface area contributed by atoms with E-state index in [4.69, 9.17) is 10.5 Å². The highest BCUT2D eigenvalue weighted by Gasteiger charge is 2.04. The minimum Gasteiger partial charge on any atom is -0.486 e. The lowest BCUT2D eigenvalue weighted by Gasteiger charge is -2.04. The third-order valence-electron chi connectivity index (χ3n) is 2.59. The van der Waals surface area contributed by atoms with E-state index in [-0.39, 0.29) is 0 Å². The first-order chi connectivity index (χ1) is 8.19. The summed E-state index contributed by atoms with van der Waals surface area (Å²) in [5.41, 5.74) is 7.73. The molecule has 2 rings (SSSR count). The number of hydrogen-bond acceptors (Lipinski definition) is 4. The van der Waals surface area contributed by atoms with Crippen LogP contribution in [0.1, 0.15) is 21.1 Å². The molecule has 0 aliphatic rings. The first-order valence-corrected chi connectivity index (χ1v) is 6.35. The van der Waals surface area contributed by atoms with E-state index >= 15 is 0 Å². The Balaban J connectivity index is 1.97. The van der Waals surface area contributed by atoms with E-state index in [0.717, 1.165) is 22.0 Å². The first kappa shape index (κ1) is 12.1. The molecular weight excluding hydrogens is 232 g/mol. The number of rotatable bonds is 4. The maximum atomic E-state index is 5.67. The second-order valence-electron chi connectivity index (χ2n) is 3.89. The number of benzene rings is 1. The van der Waals surface area contributed by atoms with Crippen molar-refractivity contribution in [1.29, 1.82) is 0 Å². The van der Waals surface area contributed by atoms with Crippen molar-refractivity contribution in [2.75, 3.05) is 0 Å². The van der Waals surface area contributed by atoms with Crippen molar-refractivity contribution in [2.24, 2.45) is 5.73 Å². The van der Waals surface area contributed by atoms with Crippen LogP contribution in [0.5, 0.6) is 5.75 Å². The molecule has 2 aromatic rings. The molecule has 0 atom stereocenters. The molecule has 2 N–H and O–H groups in total. The van der Waals surface area contributed by atoms with E-state index in [1.807, 2.05) is 31.2 Å². The van der Waals surface area contributed by atoms with Crippen molar-refractivity contribution in [3.8, 4) is 5.75 Å². The summed E-state index contributed by atoms with van der Waals surface area (Å²) in [6.45, 7) is 5.18. The van der Waals surface area contributed by atoms with Crippen LogP contribution in [0.2, 0.25) is 0 Å². The number of nitrogens with zero attached hydrogens (tertiary/aromatic N) is 1. The van der Waals surface area contributed by atoms with Crippen molar-refractivity contribution in [3.63, 3.8) is 0 Å². The SMILES string of the molecule is Cc1nc(COc2ccc(CN)cc2)sc1C. The third-order valence-corrected chi connectivity index (χ3v) is 3.64. The zero-order valence-corrected chi connectivity index (χ0v) is 10.9. The Kier molecular flexibility index (Phi) is 3.76. The fraction of sp³-hybridized carbons (Fsp3) is 0.308. The Labute approximate surface area is 105 Å². The molecule has 0 fully saturated rings. The second-order valence-corrected chi connectivity index (χ2v) is 5.17. The average molecular weight is 248 g/mol. The lowest BCUT2D eigenvalue weighted by Crippen LogP contribution is -1.97. The predicted octanol–water partition coefficient (Wildman–Crippen LogP) is 2.80. The van der Waals surface area contributed by atoms with Gasteiger partial charge in [0.25, 0.3) is 0 Å². The van der Waals surface area contributed by atoms with Gasteiger partial charge >= 0.3 is 0 Å². The van der Waals surface area contributed by atoms with E-state index in [1.54, 1.807) is 11.3 Å². The van der Waals surface area contributed by atoms with Crippen molar-refractivity contribution in [2.45, 2.75) is 27.0 Å². The molecule has 1 heterocycles. The summed E-state index contributed by atoms with van der Waals surface area (Å²) in [6, 6.07) is 7.84. The standard InChI is InChI=1S/C13H16N2OS/c1-9-10(2)17-13(15-9)8-16-12-5-3-11(7-14)4-6-12/h3-6H,7-8,14H2,1-2H3. The zero-order chi connectivity index (χ0) is 12.3. The van der Waals surface area contributed by atoms with Gasteiger partial charge in [0.2, 0.25) is 0 Å². The van der Waals surface area contributed by atoms with Crippen molar-refractivity contribution >= 4 is 11.3 Å². The van der Waals surface area contributed by atoms with Gasteiger partial charge < -0.3 is 10.5 Å². The summed E-state index contributed by atoms with van der Waals surface area (Å²) in [5.74, 6) is 0.854. The van der Waals surface area contributed by atoms with Crippen molar-refractivity contribution in [1.82, 2.24) is 4.98 Å². The number of hydrogen-bond donors (Lipinski definition) is 1. The molecule has 0 saturated carbocycles. The summed E-state index contributed by atoms with van der Waals surface area (Å²) in [5, 5.41) is 1.02. The monoisotopic (exact) mass is 248 g/mol. The quantitative estimate of drug-likeness (QED) is 0.905. The summed E-state index contributed by atoms with van der Waals surface area (Å²) in [6.07, 6.45) is 0. The van der Waals surface area contributed by atoms with Crippen LogP contribution in [0.3, 0.4) is 0 Å². The van der Waals surface area contributed by atoms with Crippen molar-refractivity contribution < 1.29 is 4.74 Å². The number of ether oxygens (including phenoxy) is 1. The fourth-order valence-corrected chi connectivity index (χ4v) is 2.31. The van der Waals surface area contributed by atoms with Crippen molar-refractivity contribution in [3.05, 3.63) is 45.4 Å². The Morgan fingerprint density at radius 2 is 1.94 bits per heavy atom. The average Bonchev–Trinajstić information content (AvgIpc) is 2.67. The van der Waals surface area contributed by atoms with Crippen LogP contribution in [0.15, 0.2) is 24.3 Å². The lowest BCUT2D eigenvalue weighted by atomic mass is 10.2. The number of aromatic nitrogens is 1. The van der Waals surface area contributed by atoms with Gasteiger partial charge in [-0.15, -0.1) is 11.3 Å². The third kappa shape index (κ3) is 3.05. The Bertz CT molecular complexity index is 471. The Morgan fingerprint density at radius 3 is 2.47 bits per heavy atom. The largest absolute Gasteiger partial charge is 0.486 e. The molecule has 4 heteroatoms. The molecule has 0 aliphatic heterocycles. The van der Waals surface area contributed by atoms with Crippen LogP contribution in [-0.4, -0.2) is 4.98 Å². The van der Waals surface area contributed by atoms with E-state index in [2.05, 4.69) is 11.9 Å². The highest BCUT2D eigenvalue weighted by molar-refractivity contribution is 7.11. The number of thiazole rings is 1. The van der Waals surface area contributed by atoms with Gasteiger partial charge in [-0.25, -0.2) is 4.98 Å². The van der Waals surface area contributed by atoms with Gasteiger partial charge in [0.05, 0.1) is 5.69 Å². The Morgan fingerprint density at radius 1 is 1.24 bits per heavy atom. The minimum absolute atomic E-state index is 0.529. The normalized spacial score (nSPS) is 10.5. The van der Waals surface area contributed by atoms with Crippen LogP contribution in [0, 0.1) is 13.8 Å². The molecule has 17 heavy (non-hydrogen) atoms. The zero-order valence-electron chi connectivity index (χ0n) is 10.1. The molecule has 1 aromatic heterocycles. The van der Waals surface area contributed by atoms with Gasteiger partial charge in [-0.05, 0) is 31.5 Å². The fourth-order valence-electron chi connectivity index (χ4n) is 1.47. The van der Waals surface area contributed by atoms with Crippen LogP contribution in [0.4, 0.5) is 0 Å². The van der Waals surface area contributed by atoms with Crippen LogP contribution in [-0.2, 0) is 13.2 Å². The van der Waals surface area contributed by atoms with E-state index in [1.165, 1.54) is 4.88 Å². The molecule has 0 radical (unpaired) electrons. The van der Waals surface area contributed by atoms with Crippen LogP contribution >= 0.6 is 11.3 Å². The lowest BCUT2D eigenvalue weighted by molar-refractivity contribution is 0.305. The van der Waals surface area contributed by atoms with Crippen LogP contribution in [0.25, 0.3) is 0 Å². The highest BCUT2D eigenvalue weighted by Crippen LogP contribution is 2.19. The van der Waals surface area contributed by atoms with E-state index in [9.17, 15) is 0 Å². The number of aryl methyl sites for hydroxylation is 2. The molecule has 0 unspecified atom stereocenters. The van der Waals surface area contributed by atoms with Gasteiger partial charge in [0.1, 0.15) is 17.4 Å². The molecule has 0 amide bonds. The maximum absolute atomic E-state index is 5.67. The molecule has 0 bridgehead atoms. The molecule has 0 spiro atoms. The summed E-state index contributed by atoms with van der Waals surface area (Å²) in [4.78, 5) is 5.68. The van der Waals surface area contributed by atoms with Gasteiger partial charge in [-0.3, -0.25) is 0 Å². The summed E-state index contributed by atoms with van der Waals surface area (Å²) in [7, 11) is 0. The van der Waals surface area contributed by atoms with Gasteiger partial charge in [-0.2, -0.15) is 0 Å². The van der Waals surface area contributed by atoms with E-state index < -0.39 is 0 Å². The Hall–Kier alpha value is -1.39. The molecule has 90 valence electrons. The maximum Gasteiger partial charge on any atom is 0.140 e. The highest BCUT2D eigenvalue weighted by atomic mass is 32.1. The number of nitrogens with two attached hydrogens (primary N) is 1. The van der Waals surface area contributed by atoms with Crippen LogP contribution < -0.4 is 10.5 Å². The summed E-state index contributed by atoms with van der Waals surface area (Å²) >= 11 is 1.69. The molecular formula is C13H16N2OS. The molecule has 1 aromatic carbocycles. The molecule has 0 aliphatic carbocycles. The van der Waals surface area contributed by atoms with Gasteiger partial charge in [0.15, 0.2) is 0 Å². The molecule has 3 nitrogen and oxygen atoms in total. The predicted molar refractivity (Wildman–Crippen MR) is 70.3 cm³/mol.